The summed E-state index contributed by atoms with van der Waals surface area (Å²) in [6, 6.07) is 0. The van der Waals surface area contributed by atoms with E-state index in [0.717, 1.165) is 44.9 Å². The number of methoxy groups -OCH3 is 1. The van der Waals surface area contributed by atoms with Crippen molar-refractivity contribution in [3.63, 3.8) is 0 Å². The van der Waals surface area contributed by atoms with E-state index >= 15 is 0 Å². The Labute approximate surface area is 112 Å². The minimum absolute atomic E-state index is 0.204. The van der Waals surface area contributed by atoms with Crippen LogP contribution in [0.3, 0.4) is 0 Å². The van der Waals surface area contributed by atoms with Crippen molar-refractivity contribution in [2.24, 2.45) is 5.92 Å². The van der Waals surface area contributed by atoms with Crippen molar-refractivity contribution in [2.45, 2.75) is 57.0 Å². The zero-order valence-corrected chi connectivity index (χ0v) is 11.4. The number of hydrogen-bond donors (Lipinski definition) is 0. The Morgan fingerprint density at radius 1 is 1.37 bits per heavy atom. The van der Waals surface area contributed by atoms with Gasteiger partial charge in [0.05, 0.1) is 6.42 Å². The van der Waals surface area contributed by atoms with Gasteiger partial charge in [-0.2, -0.15) is 4.98 Å². The summed E-state index contributed by atoms with van der Waals surface area (Å²) in [4.78, 5) is 16.4. The van der Waals surface area contributed by atoms with Gasteiger partial charge in [0.1, 0.15) is 11.4 Å². The van der Waals surface area contributed by atoms with E-state index in [2.05, 4.69) is 10.1 Å². The monoisotopic (exact) mass is 264 g/mol. The summed E-state index contributed by atoms with van der Waals surface area (Å²) in [5.74, 6) is 1.49. The molecule has 2 saturated carbocycles. The molecule has 0 spiro atoms. The number of hydrogen-bond acceptors (Lipinski definition) is 5. The molecular weight excluding hydrogens is 244 g/mol. The van der Waals surface area contributed by atoms with Gasteiger partial charge in [-0.15, -0.1) is 0 Å². The maximum atomic E-state index is 12.1. The van der Waals surface area contributed by atoms with Crippen LogP contribution in [0.5, 0.6) is 0 Å². The first-order valence-electron chi connectivity index (χ1n) is 7.14. The molecule has 0 saturated heterocycles. The van der Waals surface area contributed by atoms with Crippen LogP contribution in [-0.4, -0.2) is 23.0 Å². The van der Waals surface area contributed by atoms with Crippen LogP contribution >= 0.6 is 0 Å². The van der Waals surface area contributed by atoms with Crippen LogP contribution in [0.1, 0.15) is 56.7 Å². The Balaban J connectivity index is 1.66. The molecule has 0 aromatic carbocycles. The van der Waals surface area contributed by atoms with Crippen molar-refractivity contribution in [2.75, 3.05) is 7.11 Å². The third-order valence-corrected chi connectivity index (χ3v) is 4.56. The van der Waals surface area contributed by atoms with Crippen molar-refractivity contribution in [1.29, 1.82) is 0 Å². The van der Waals surface area contributed by atoms with Gasteiger partial charge < -0.3 is 9.26 Å². The predicted molar refractivity (Wildman–Crippen MR) is 67.5 cm³/mol. The van der Waals surface area contributed by atoms with Crippen LogP contribution in [-0.2, 0) is 21.6 Å². The van der Waals surface area contributed by atoms with Crippen molar-refractivity contribution >= 4 is 5.78 Å². The zero-order valence-electron chi connectivity index (χ0n) is 11.4. The second-order valence-electron chi connectivity index (χ2n) is 5.69. The van der Waals surface area contributed by atoms with Crippen molar-refractivity contribution in [3.05, 3.63) is 11.7 Å². The maximum absolute atomic E-state index is 12.1. The lowest BCUT2D eigenvalue weighted by molar-refractivity contribution is -0.122. The van der Waals surface area contributed by atoms with Crippen molar-refractivity contribution < 1.29 is 14.1 Å². The SMILES string of the molecule is COC1(c2noc(CC(=O)C3CCCC3)n2)CCC1. The van der Waals surface area contributed by atoms with Crippen LogP contribution in [0.25, 0.3) is 0 Å². The van der Waals surface area contributed by atoms with E-state index in [1.165, 1.54) is 0 Å². The molecule has 0 aliphatic heterocycles. The molecule has 0 bridgehead atoms. The predicted octanol–water partition coefficient (Wildman–Crippen LogP) is 2.40. The first-order chi connectivity index (χ1) is 9.23. The highest BCUT2D eigenvalue weighted by molar-refractivity contribution is 5.82. The minimum Gasteiger partial charge on any atom is -0.370 e. The van der Waals surface area contributed by atoms with Gasteiger partial charge in [-0.1, -0.05) is 18.0 Å². The molecule has 0 N–H and O–H groups in total. The quantitative estimate of drug-likeness (QED) is 0.817. The van der Waals surface area contributed by atoms with Gasteiger partial charge in [0.25, 0.3) is 0 Å². The fraction of sp³-hybridized carbons (Fsp3) is 0.786. The molecule has 5 nitrogen and oxygen atoms in total. The molecular formula is C14H20N2O3. The lowest BCUT2D eigenvalue weighted by Gasteiger charge is -2.37. The molecule has 0 amide bonds. The van der Waals surface area contributed by atoms with Gasteiger partial charge in [0.15, 0.2) is 0 Å². The normalized spacial score (nSPS) is 22.4. The Bertz CT molecular complexity index is 454. The van der Waals surface area contributed by atoms with Crippen molar-refractivity contribution in [1.82, 2.24) is 10.1 Å². The lowest BCUT2D eigenvalue weighted by Crippen LogP contribution is -2.37. The number of aromatic nitrogens is 2. The van der Waals surface area contributed by atoms with Gasteiger partial charge in [-0.25, -0.2) is 0 Å². The number of ketones is 1. The van der Waals surface area contributed by atoms with E-state index in [1.54, 1.807) is 7.11 Å². The molecule has 1 heterocycles. The fourth-order valence-electron chi connectivity index (χ4n) is 3.07. The number of Topliss-reactive ketones (excluding diaryl/α,β-unsaturated/α-hetero) is 1. The fourth-order valence-corrected chi connectivity index (χ4v) is 3.07. The highest BCUT2D eigenvalue weighted by atomic mass is 16.5. The summed E-state index contributed by atoms with van der Waals surface area (Å²) < 4.78 is 10.7. The van der Waals surface area contributed by atoms with E-state index in [1.807, 2.05) is 0 Å². The molecule has 5 heteroatoms. The summed E-state index contributed by atoms with van der Waals surface area (Å²) in [6.45, 7) is 0. The van der Waals surface area contributed by atoms with E-state index in [9.17, 15) is 4.79 Å². The number of ether oxygens (including phenoxy) is 1. The van der Waals surface area contributed by atoms with Crippen LogP contribution < -0.4 is 0 Å². The standard InChI is InChI=1S/C14H20N2O3/c1-18-14(7-4-8-14)13-15-12(19-16-13)9-11(17)10-5-2-3-6-10/h10H,2-9H2,1H3. The van der Waals surface area contributed by atoms with Crippen LogP contribution in [0.15, 0.2) is 4.52 Å². The molecule has 0 atom stereocenters. The summed E-state index contributed by atoms with van der Waals surface area (Å²) in [5.41, 5.74) is -0.363. The van der Waals surface area contributed by atoms with Gasteiger partial charge in [0.2, 0.25) is 11.7 Å². The molecule has 3 rings (SSSR count). The van der Waals surface area contributed by atoms with Crippen LogP contribution in [0.2, 0.25) is 0 Å². The third-order valence-electron chi connectivity index (χ3n) is 4.56. The lowest BCUT2D eigenvalue weighted by atomic mass is 9.79. The molecule has 104 valence electrons. The average molecular weight is 264 g/mol. The topological polar surface area (TPSA) is 65.2 Å². The molecule has 1 aromatic rings. The number of rotatable bonds is 5. The summed E-state index contributed by atoms with van der Waals surface area (Å²) in [6.07, 6.45) is 7.62. The van der Waals surface area contributed by atoms with Gasteiger partial charge in [0, 0.05) is 13.0 Å². The molecule has 2 aliphatic carbocycles. The Hall–Kier alpha value is -1.23. The van der Waals surface area contributed by atoms with Crippen LogP contribution in [0.4, 0.5) is 0 Å². The molecule has 1 aromatic heterocycles. The van der Waals surface area contributed by atoms with Gasteiger partial charge in [-0.05, 0) is 32.1 Å². The maximum Gasteiger partial charge on any atom is 0.234 e. The first kappa shape index (κ1) is 12.8. The second-order valence-corrected chi connectivity index (χ2v) is 5.69. The van der Waals surface area contributed by atoms with Gasteiger partial charge >= 0.3 is 0 Å². The van der Waals surface area contributed by atoms with E-state index in [-0.39, 0.29) is 23.7 Å². The van der Waals surface area contributed by atoms with E-state index < -0.39 is 0 Å². The smallest absolute Gasteiger partial charge is 0.234 e. The molecule has 2 aliphatic rings. The van der Waals surface area contributed by atoms with E-state index in [4.69, 9.17) is 9.26 Å². The van der Waals surface area contributed by atoms with Crippen LogP contribution in [0, 0.1) is 5.92 Å². The zero-order chi connectivity index (χ0) is 13.3. The summed E-state index contributed by atoms with van der Waals surface area (Å²) in [5, 5.41) is 4.00. The molecule has 2 fully saturated rings. The largest absolute Gasteiger partial charge is 0.370 e. The van der Waals surface area contributed by atoms with Gasteiger partial charge in [-0.3, -0.25) is 4.79 Å². The second kappa shape index (κ2) is 5.04. The highest BCUT2D eigenvalue weighted by Gasteiger charge is 2.43. The highest BCUT2D eigenvalue weighted by Crippen LogP contribution is 2.42. The summed E-state index contributed by atoms with van der Waals surface area (Å²) >= 11 is 0. The number of carbonyl (C=O) groups excluding carboxylic acids is 1. The molecule has 19 heavy (non-hydrogen) atoms. The Morgan fingerprint density at radius 2 is 2.11 bits per heavy atom. The summed E-state index contributed by atoms with van der Waals surface area (Å²) in [7, 11) is 1.68. The molecule has 0 radical (unpaired) electrons. The number of nitrogens with zero attached hydrogens (tertiary/aromatic N) is 2. The Kier molecular flexibility index (Phi) is 3.39. The Morgan fingerprint density at radius 3 is 2.68 bits per heavy atom. The average Bonchev–Trinajstić information content (AvgIpc) is 2.99. The first-order valence-corrected chi connectivity index (χ1v) is 7.14. The van der Waals surface area contributed by atoms with E-state index in [0.29, 0.717) is 11.7 Å². The van der Waals surface area contributed by atoms with Crippen molar-refractivity contribution in [3.8, 4) is 0 Å². The number of carbonyl (C=O) groups is 1. The minimum atomic E-state index is -0.363. The third kappa shape index (κ3) is 2.31. The molecule has 0 unspecified atom stereocenters.